The van der Waals surface area contributed by atoms with Gasteiger partial charge in [-0.25, -0.2) is 4.79 Å². The summed E-state index contributed by atoms with van der Waals surface area (Å²) in [5, 5.41) is 2.87. The van der Waals surface area contributed by atoms with E-state index in [1.165, 1.54) is 0 Å². The number of nitrogens with one attached hydrogen (secondary N) is 1. The van der Waals surface area contributed by atoms with E-state index in [1.54, 1.807) is 4.90 Å². The fraction of sp³-hybridized carbons (Fsp3) is 0.364. The van der Waals surface area contributed by atoms with Gasteiger partial charge in [-0.15, -0.1) is 0 Å². The summed E-state index contributed by atoms with van der Waals surface area (Å²) in [6.07, 6.45) is 0. The van der Waals surface area contributed by atoms with Crippen molar-refractivity contribution in [3.8, 4) is 0 Å². The molecule has 1 fully saturated rings. The van der Waals surface area contributed by atoms with Gasteiger partial charge < -0.3 is 15.0 Å². The molecule has 0 radical (unpaired) electrons. The lowest BCUT2D eigenvalue weighted by Crippen LogP contribution is -2.43. The molecule has 4 nitrogen and oxygen atoms in total. The first-order chi connectivity index (χ1) is 8.16. The van der Waals surface area contributed by atoms with Gasteiger partial charge in [-0.05, 0) is 34.1 Å². The highest BCUT2D eigenvalue weighted by Crippen LogP contribution is 2.26. The number of hydrogen-bond acceptors (Lipinski definition) is 2. The topological polar surface area (TPSA) is 41.6 Å². The molecule has 0 aromatic heterocycles. The van der Waals surface area contributed by atoms with Crippen LogP contribution in [0.3, 0.4) is 0 Å². The first-order valence-electron chi connectivity index (χ1n) is 5.25. The summed E-state index contributed by atoms with van der Waals surface area (Å²) in [5.74, 6) is 0. The Morgan fingerprint density at radius 3 is 2.65 bits per heavy atom. The van der Waals surface area contributed by atoms with Crippen LogP contribution in [0.4, 0.5) is 10.5 Å². The van der Waals surface area contributed by atoms with Gasteiger partial charge in [0.25, 0.3) is 0 Å². The molecule has 1 aromatic rings. The maximum Gasteiger partial charge on any atom is 0.322 e. The second-order valence-corrected chi connectivity index (χ2v) is 5.42. The van der Waals surface area contributed by atoms with Crippen molar-refractivity contribution in [1.82, 2.24) is 4.90 Å². The van der Waals surface area contributed by atoms with Crippen LogP contribution in [-0.2, 0) is 4.74 Å². The molecule has 1 N–H and O–H groups in total. The van der Waals surface area contributed by atoms with E-state index in [-0.39, 0.29) is 6.03 Å². The van der Waals surface area contributed by atoms with Gasteiger partial charge in [0.15, 0.2) is 0 Å². The number of morpholine rings is 1. The largest absolute Gasteiger partial charge is 0.378 e. The molecule has 2 rings (SSSR count). The Bertz CT molecular complexity index is 420. The number of anilines is 1. The van der Waals surface area contributed by atoms with Crippen molar-refractivity contribution in [2.24, 2.45) is 0 Å². The molecule has 0 aliphatic carbocycles. The highest BCUT2D eigenvalue weighted by molar-refractivity contribution is 9.11. The molecule has 2 amide bonds. The van der Waals surface area contributed by atoms with E-state index in [0.717, 1.165) is 14.6 Å². The Kier molecular flexibility index (Phi) is 4.42. The number of hydrogen-bond donors (Lipinski definition) is 1. The summed E-state index contributed by atoms with van der Waals surface area (Å²) >= 11 is 6.78. The zero-order valence-electron chi connectivity index (χ0n) is 9.08. The van der Waals surface area contributed by atoms with Crippen LogP contribution in [-0.4, -0.2) is 37.2 Å². The van der Waals surface area contributed by atoms with Crippen LogP contribution in [0.5, 0.6) is 0 Å². The van der Waals surface area contributed by atoms with Crippen LogP contribution in [0.2, 0.25) is 0 Å². The average Bonchev–Trinajstić information content (AvgIpc) is 2.34. The first-order valence-corrected chi connectivity index (χ1v) is 6.84. The zero-order chi connectivity index (χ0) is 12.3. The number of ether oxygens (including phenoxy) is 1. The van der Waals surface area contributed by atoms with Crippen LogP contribution in [0.25, 0.3) is 0 Å². The van der Waals surface area contributed by atoms with E-state index in [9.17, 15) is 4.79 Å². The van der Waals surface area contributed by atoms with Crippen LogP contribution in [0, 0.1) is 0 Å². The average molecular weight is 364 g/mol. The molecule has 0 spiro atoms. The van der Waals surface area contributed by atoms with Crippen LogP contribution in [0.15, 0.2) is 27.1 Å². The SMILES string of the molecule is O=C(Nc1ccc(Br)cc1Br)N1CCOCC1. The Balaban J connectivity index is 2.02. The van der Waals surface area contributed by atoms with Gasteiger partial charge in [0.05, 0.1) is 18.9 Å². The number of benzene rings is 1. The second kappa shape index (κ2) is 5.84. The Hall–Kier alpha value is -0.590. The Morgan fingerprint density at radius 2 is 2.00 bits per heavy atom. The molecular weight excluding hydrogens is 352 g/mol. The number of nitrogens with zero attached hydrogens (tertiary/aromatic N) is 1. The molecule has 6 heteroatoms. The number of amides is 2. The van der Waals surface area contributed by atoms with Gasteiger partial charge in [0.2, 0.25) is 0 Å². The molecule has 0 bridgehead atoms. The lowest BCUT2D eigenvalue weighted by atomic mass is 10.3. The molecule has 17 heavy (non-hydrogen) atoms. The molecule has 0 atom stereocenters. The van der Waals surface area contributed by atoms with Gasteiger partial charge in [-0.2, -0.15) is 0 Å². The number of halogens is 2. The van der Waals surface area contributed by atoms with Gasteiger partial charge in [0, 0.05) is 22.0 Å². The molecule has 1 aromatic carbocycles. The van der Waals surface area contributed by atoms with E-state index in [1.807, 2.05) is 18.2 Å². The number of carbonyl (C=O) groups is 1. The zero-order valence-corrected chi connectivity index (χ0v) is 12.3. The van der Waals surface area contributed by atoms with Crippen molar-refractivity contribution in [1.29, 1.82) is 0 Å². The molecule has 1 aliphatic heterocycles. The van der Waals surface area contributed by atoms with E-state index >= 15 is 0 Å². The quantitative estimate of drug-likeness (QED) is 0.833. The van der Waals surface area contributed by atoms with Crippen LogP contribution >= 0.6 is 31.9 Å². The minimum absolute atomic E-state index is 0.0867. The smallest absolute Gasteiger partial charge is 0.322 e. The fourth-order valence-corrected chi connectivity index (χ4v) is 2.70. The minimum Gasteiger partial charge on any atom is -0.378 e. The third-order valence-corrected chi connectivity index (χ3v) is 3.62. The second-order valence-electron chi connectivity index (χ2n) is 3.65. The van der Waals surface area contributed by atoms with Crippen molar-refractivity contribution < 1.29 is 9.53 Å². The number of carbonyl (C=O) groups excluding carboxylic acids is 1. The molecule has 0 saturated carbocycles. The standard InChI is InChI=1S/C11H12Br2N2O2/c12-8-1-2-10(9(13)7-8)14-11(16)15-3-5-17-6-4-15/h1-2,7H,3-6H2,(H,14,16). The lowest BCUT2D eigenvalue weighted by molar-refractivity contribution is 0.0564. The monoisotopic (exact) mass is 362 g/mol. The van der Waals surface area contributed by atoms with Crippen molar-refractivity contribution in [3.63, 3.8) is 0 Å². The van der Waals surface area contributed by atoms with Crippen LogP contribution in [0.1, 0.15) is 0 Å². The molecule has 92 valence electrons. The van der Waals surface area contributed by atoms with E-state index < -0.39 is 0 Å². The van der Waals surface area contributed by atoms with Gasteiger partial charge in [0.1, 0.15) is 0 Å². The Morgan fingerprint density at radius 1 is 1.29 bits per heavy atom. The summed E-state index contributed by atoms with van der Waals surface area (Å²) in [5.41, 5.74) is 0.768. The number of urea groups is 1. The molecule has 0 unspecified atom stereocenters. The number of rotatable bonds is 1. The Labute approximate surface area is 117 Å². The highest BCUT2D eigenvalue weighted by Gasteiger charge is 2.17. The lowest BCUT2D eigenvalue weighted by Gasteiger charge is -2.27. The van der Waals surface area contributed by atoms with Crippen LogP contribution < -0.4 is 5.32 Å². The maximum atomic E-state index is 11.9. The fourth-order valence-electron chi connectivity index (χ4n) is 1.55. The molecular formula is C11H12Br2N2O2. The first kappa shape index (κ1) is 12.9. The summed E-state index contributed by atoms with van der Waals surface area (Å²) < 4.78 is 7.02. The van der Waals surface area contributed by atoms with Crippen molar-refractivity contribution in [2.45, 2.75) is 0 Å². The van der Waals surface area contributed by atoms with Crippen molar-refractivity contribution in [2.75, 3.05) is 31.6 Å². The third-order valence-electron chi connectivity index (χ3n) is 2.47. The summed E-state index contributed by atoms with van der Waals surface area (Å²) in [6, 6.07) is 5.55. The highest BCUT2D eigenvalue weighted by atomic mass is 79.9. The minimum atomic E-state index is -0.0867. The van der Waals surface area contributed by atoms with E-state index in [2.05, 4.69) is 37.2 Å². The summed E-state index contributed by atoms with van der Waals surface area (Å²) in [7, 11) is 0. The predicted molar refractivity (Wildman–Crippen MR) is 73.3 cm³/mol. The van der Waals surface area contributed by atoms with Gasteiger partial charge in [-0.1, -0.05) is 15.9 Å². The maximum absolute atomic E-state index is 11.9. The van der Waals surface area contributed by atoms with Crippen molar-refractivity contribution >= 4 is 43.6 Å². The van der Waals surface area contributed by atoms with Gasteiger partial charge >= 0.3 is 6.03 Å². The van der Waals surface area contributed by atoms with E-state index in [0.29, 0.717) is 26.3 Å². The molecule has 1 aliphatic rings. The summed E-state index contributed by atoms with van der Waals surface area (Å²) in [4.78, 5) is 13.7. The third kappa shape index (κ3) is 3.43. The predicted octanol–water partition coefficient (Wildman–Crippen LogP) is 3.08. The van der Waals surface area contributed by atoms with Crippen molar-refractivity contribution in [3.05, 3.63) is 27.1 Å². The molecule has 1 saturated heterocycles. The normalized spacial score (nSPS) is 15.8. The summed E-state index contributed by atoms with van der Waals surface area (Å²) in [6.45, 7) is 2.49. The van der Waals surface area contributed by atoms with E-state index in [4.69, 9.17) is 4.74 Å². The van der Waals surface area contributed by atoms with Gasteiger partial charge in [-0.3, -0.25) is 0 Å². The molecule has 1 heterocycles.